The fourth-order valence-corrected chi connectivity index (χ4v) is 3.31. The third-order valence-corrected chi connectivity index (χ3v) is 4.70. The first kappa shape index (κ1) is 14.4. The lowest BCUT2D eigenvalue weighted by Gasteiger charge is -2.37. The summed E-state index contributed by atoms with van der Waals surface area (Å²) in [7, 11) is 2.23. The summed E-state index contributed by atoms with van der Waals surface area (Å²) < 4.78 is 0. The Morgan fingerprint density at radius 1 is 1.21 bits per heavy atom. The lowest BCUT2D eigenvalue weighted by molar-refractivity contribution is 0.225. The molecule has 2 nitrogen and oxygen atoms in total. The van der Waals surface area contributed by atoms with Crippen molar-refractivity contribution in [1.29, 1.82) is 0 Å². The summed E-state index contributed by atoms with van der Waals surface area (Å²) in [6.45, 7) is 12.5. The molecular formula is C17H28N2. The normalized spacial score (nSPS) is 23.1. The molecule has 2 rings (SSSR count). The zero-order valence-corrected chi connectivity index (χ0v) is 13.1. The predicted octanol–water partition coefficient (Wildman–Crippen LogP) is 3.38. The van der Waals surface area contributed by atoms with Crippen molar-refractivity contribution in [3.05, 3.63) is 29.3 Å². The summed E-state index contributed by atoms with van der Waals surface area (Å²) >= 11 is 0. The van der Waals surface area contributed by atoms with E-state index in [9.17, 15) is 0 Å². The molecule has 19 heavy (non-hydrogen) atoms. The number of hydrogen-bond donors (Lipinski definition) is 1. The van der Waals surface area contributed by atoms with Crippen molar-refractivity contribution in [1.82, 2.24) is 5.32 Å². The number of anilines is 1. The van der Waals surface area contributed by atoms with Crippen LogP contribution in [0, 0.1) is 25.2 Å². The smallest absolute Gasteiger partial charge is 0.0369 e. The second-order valence-corrected chi connectivity index (χ2v) is 6.65. The van der Waals surface area contributed by atoms with Crippen molar-refractivity contribution in [2.24, 2.45) is 11.3 Å². The van der Waals surface area contributed by atoms with Crippen LogP contribution < -0.4 is 10.2 Å². The van der Waals surface area contributed by atoms with E-state index in [1.165, 1.54) is 29.8 Å². The van der Waals surface area contributed by atoms with Gasteiger partial charge in [-0.15, -0.1) is 0 Å². The molecule has 1 fully saturated rings. The van der Waals surface area contributed by atoms with Gasteiger partial charge in [0.05, 0.1) is 0 Å². The molecule has 1 heterocycles. The molecular weight excluding hydrogens is 232 g/mol. The third kappa shape index (κ3) is 3.11. The van der Waals surface area contributed by atoms with Crippen LogP contribution in [0.25, 0.3) is 0 Å². The van der Waals surface area contributed by atoms with Crippen LogP contribution in [-0.2, 0) is 0 Å². The molecule has 1 atom stereocenters. The maximum atomic E-state index is 3.55. The van der Waals surface area contributed by atoms with E-state index in [0.717, 1.165) is 19.0 Å². The summed E-state index contributed by atoms with van der Waals surface area (Å²) in [5.41, 5.74) is 4.48. The van der Waals surface area contributed by atoms with E-state index in [1.54, 1.807) is 0 Å². The molecule has 0 saturated carbocycles. The van der Waals surface area contributed by atoms with Crippen LogP contribution in [0.1, 0.15) is 31.4 Å². The second kappa shape index (κ2) is 5.54. The second-order valence-electron chi connectivity index (χ2n) is 6.65. The van der Waals surface area contributed by atoms with E-state index in [-0.39, 0.29) is 0 Å². The molecule has 1 unspecified atom stereocenters. The molecule has 1 aliphatic heterocycles. The highest BCUT2D eigenvalue weighted by molar-refractivity contribution is 5.50. The van der Waals surface area contributed by atoms with Crippen molar-refractivity contribution in [3.63, 3.8) is 0 Å². The van der Waals surface area contributed by atoms with Crippen molar-refractivity contribution >= 4 is 5.69 Å². The van der Waals surface area contributed by atoms with Gasteiger partial charge in [0.25, 0.3) is 0 Å². The number of aryl methyl sites for hydroxylation is 2. The molecule has 1 aliphatic rings. The average Bonchev–Trinajstić information content (AvgIpc) is 2.77. The van der Waals surface area contributed by atoms with Crippen LogP contribution in [0.15, 0.2) is 18.2 Å². The van der Waals surface area contributed by atoms with Gasteiger partial charge in [0.2, 0.25) is 0 Å². The Morgan fingerprint density at radius 2 is 1.84 bits per heavy atom. The molecule has 1 aromatic carbocycles. The summed E-state index contributed by atoms with van der Waals surface area (Å²) in [6, 6.07) is 6.83. The first-order valence-corrected chi connectivity index (χ1v) is 7.43. The maximum Gasteiger partial charge on any atom is 0.0369 e. The van der Waals surface area contributed by atoms with Gasteiger partial charge in [0, 0.05) is 31.2 Å². The zero-order valence-electron chi connectivity index (χ0n) is 13.1. The SMILES string of the molecule is Cc1cc(C)cc(N(C)CC2(C(C)C)CCNC2)c1. The van der Waals surface area contributed by atoms with E-state index in [4.69, 9.17) is 0 Å². The average molecular weight is 260 g/mol. The largest absolute Gasteiger partial charge is 0.374 e. The van der Waals surface area contributed by atoms with Gasteiger partial charge in [0.15, 0.2) is 0 Å². The minimum absolute atomic E-state index is 0.423. The molecule has 0 radical (unpaired) electrons. The summed E-state index contributed by atoms with van der Waals surface area (Å²) in [4.78, 5) is 2.44. The molecule has 0 aliphatic carbocycles. The highest BCUT2D eigenvalue weighted by Gasteiger charge is 2.37. The Morgan fingerprint density at radius 3 is 2.32 bits per heavy atom. The van der Waals surface area contributed by atoms with Crippen LogP contribution >= 0.6 is 0 Å². The van der Waals surface area contributed by atoms with Gasteiger partial charge in [0.1, 0.15) is 0 Å². The van der Waals surface area contributed by atoms with Crippen LogP contribution in [-0.4, -0.2) is 26.7 Å². The number of nitrogens with zero attached hydrogens (tertiary/aromatic N) is 1. The van der Waals surface area contributed by atoms with Crippen LogP contribution in [0.5, 0.6) is 0 Å². The van der Waals surface area contributed by atoms with Crippen molar-refractivity contribution in [3.8, 4) is 0 Å². The van der Waals surface area contributed by atoms with Crippen molar-refractivity contribution in [2.75, 3.05) is 31.6 Å². The molecule has 1 aromatic rings. The fraction of sp³-hybridized carbons (Fsp3) is 0.647. The van der Waals surface area contributed by atoms with E-state index in [0.29, 0.717) is 5.41 Å². The standard InChI is InChI=1S/C17H28N2/c1-13(2)17(6-7-18-11-17)12-19(5)16-9-14(3)8-15(4)10-16/h8-10,13,18H,6-7,11-12H2,1-5H3. The Balaban J connectivity index is 2.17. The van der Waals surface area contributed by atoms with E-state index >= 15 is 0 Å². The van der Waals surface area contributed by atoms with Crippen LogP contribution in [0.4, 0.5) is 5.69 Å². The minimum Gasteiger partial charge on any atom is -0.374 e. The van der Waals surface area contributed by atoms with E-state index < -0.39 is 0 Å². The van der Waals surface area contributed by atoms with Gasteiger partial charge in [-0.1, -0.05) is 19.9 Å². The van der Waals surface area contributed by atoms with Crippen molar-refractivity contribution < 1.29 is 0 Å². The molecule has 1 saturated heterocycles. The summed E-state index contributed by atoms with van der Waals surface area (Å²) in [6.07, 6.45) is 1.29. The monoisotopic (exact) mass is 260 g/mol. The topological polar surface area (TPSA) is 15.3 Å². The highest BCUT2D eigenvalue weighted by atomic mass is 15.1. The van der Waals surface area contributed by atoms with Crippen LogP contribution in [0.2, 0.25) is 0 Å². The predicted molar refractivity (Wildman–Crippen MR) is 83.9 cm³/mol. The highest BCUT2D eigenvalue weighted by Crippen LogP contribution is 2.36. The number of nitrogens with one attached hydrogen (secondary N) is 1. The Labute approximate surface area is 118 Å². The van der Waals surface area contributed by atoms with Gasteiger partial charge in [-0.3, -0.25) is 0 Å². The number of rotatable bonds is 4. The molecule has 2 heteroatoms. The maximum absolute atomic E-state index is 3.55. The van der Waals surface area contributed by atoms with Crippen molar-refractivity contribution in [2.45, 2.75) is 34.1 Å². The number of hydrogen-bond acceptors (Lipinski definition) is 2. The van der Waals surface area contributed by atoms with Gasteiger partial charge in [-0.05, 0) is 56.0 Å². The summed E-state index contributed by atoms with van der Waals surface area (Å²) in [5.74, 6) is 0.718. The molecule has 0 aromatic heterocycles. The lowest BCUT2D eigenvalue weighted by Crippen LogP contribution is -2.41. The van der Waals surface area contributed by atoms with E-state index in [2.05, 4.69) is 63.2 Å². The Bertz CT molecular complexity index is 411. The fourth-order valence-electron chi connectivity index (χ4n) is 3.31. The Hall–Kier alpha value is -1.02. The molecule has 0 spiro atoms. The van der Waals surface area contributed by atoms with Gasteiger partial charge < -0.3 is 10.2 Å². The molecule has 0 amide bonds. The molecule has 1 N–H and O–H groups in total. The van der Waals surface area contributed by atoms with Crippen LogP contribution in [0.3, 0.4) is 0 Å². The summed E-state index contributed by atoms with van der Waals surface area (Å²) in [5, 5.41) is 3.55. The first-order chi connectivity index (χ1) is 8.93. The lowest BCUT2D eigenvalue weighted by atomic mass is 9.76. The van der Waals surface area contributed by atoms with Gasteiger partial charge in [-0.25, -0.2) is 0 Å². The van der Waals surface area contributed by atoms with E-state index in [1.807, 2.05) is 0 Å². The molecule has 0 bridgehead atoms. The van der Waals surface area contributed by atoms with Gasteiger partial charge >= 0.3 is 0 Å². The zero-order chi connectivity index (χ0) is 14.0. The first-order valence-electron chi connectivity index (χ1n) is 7.43. The van der Waals surface area contributed by atoms with Gasteiger partial charge in [-0.2, -0.15) is 0 Å². The molecule has 106 valence electrons. The quantitative estimate of drug-likeness (QED) is 0.893. The minimum atomic E-state index is 0.423. The third-order valence-electron chi connectivity index (χ3n) is 4.70. The Kier molecular flexibility index (Phi) is 4.19. The number of benzene rings is 1.